The smallest absolute Gasteiger partial charge is 0.348 e. The Morgan fingerprint density at radius 2 is 1.92 bits per heavy atom. The topological polar surface area (TPSA) is 94.8 Å². The fraction of sp³-hybridized carbons (Fsp3) is 0.188. The Balaban J connectivity index is 2.29. The van der Waals surface area contributed by atoms with Gasteiger partial charge in [-0.15, -0.1) is 11.3 Å². The number of carbonyl (C=O) groups excluding carboxylic acids is 3. The third-order valence-corrected chi connectivity index (χ3v) is 4.27. The van der Waals surface area contributed by atoms with Crippen LogP contribution in [0.2, 0.25) is 0 Å². The van der Waals surface area contributed by atoms with E-state index in [1.165, 1.54) is 32.6 Å². The summed E-state index contributed by atoms with van der Waals surface area (Å²) in [5.41, 5.74) is 0.520. The molecule has 1 N–H and O–H groups in total. The van der Waals surface area contributed by atoms with E-state index in [0.717, 1.165) is 11.3 Å². The van der Waals surface area contributed by atoms with Crippen molar-refractivity contribution in [3.63, 3.8) is 0 Å². The van der Waals surface area contributed by atoms with Gasteiger partial charge in [0.25, 0.3) is 0 Å². The average Bonchev–Trinajstić information content (AvgIpc) is 3.20. The molecule has 0 bridgehead atoms. The van der Waals surface area contributed by atoms with Crippen LogP contribution >= 0.6 is 11.3 Å². The first-order valence-corrected chi connectivity index (χ1v) is 7.62. The fourth-order valence-electron chi connectivity index (χ4n) is 1.93. The van der Waals surface area contributed by atoms with Crippen molar-refractivity contribution < 1.29 is 28.3 Å². The van der Waals surface area contributed by atoms with Gasteiger partial charge < -0.3 is 19.2 Å². The zero-order chi connectivity index (χ0) is 17.7. The number of esters is 2. The van der Waals surface area contributed by atoms with Crippen LogP contribution in [0.15, 0.2) is 28.9 Å². The maximum atomic E-state index is 12.0. The summed E-state index contributed by atoms with van der Waals surface area (Å²) in [5, 5.41) is 2.79. The highest BCUT2D eigenvalue weighted by Crippen LogP contribution is 2.34. The number of nitrogens with one attached hydrogen (secondary N) is 1. The van der Waals surface area contributed by atoms with Gasteiger partial charge in [0, 0.05) is 6.08 Å². The molecular weight excluding hydrogens is 334 g/mol. The maximum Gasteiger partial charge on any atom is 0.348 e. The number of hydrogen-bond acceptors (Lipinski definition) is 7. The maximum absolute atomic E-state index is 12.0. The molecule has 8 heteroatoms. The molecule has 0 aliphatic heterocycles. The highest BCUT2D eigenvalue weighted by Gasteiger charge is 2.26. The van der Waals surface area contributed by atoms with Crippen molar-refractivity contribution in [3.05, 3.63) is 46.2 Å². The van der Waals surface area contributed by atoms with Gasteiger partial charge in [0.2, 0.25) is 5.91 Å². The summed E-state index contributed by atoms with van der Waals surface area (Å²) >= 11 is 0.950. The molecular formula is C16H15NO6S. The van der Waals surface area contributed by atoms with Crippen LogP contribution in [0, 0.1) is 6.92 Å². The minimum absolute atomic E-state index is 0.127. The summed E-state index contributed by atoms with van der Waals surface area (Å²) in [7, 11) is 2.46. The van der Waals surface area contributed by atoms with Crippen LogP contribution < -0.4 is 5.32 Å². The van der Waals surface area contributed by atoms with Crippen LogP contribution in [0.25, 0.3) is 6.08 Å². The van der Waals surface area contributed by atoms with Gasteiger partial charge >= 0.3 is 11.9 Å². The number of amides is 1. The second-order valence-corrected chi connectivity index (χ2v) is 5.60. The molecule has 0 aliphatic rings. The van der Waals surface area contributed by atoms with Gasteiger partial charge in [-0.1, -0.05) is 0 Å². The average molecular weight is 349 g/mol. The molecule has 126 valence electrons. The van der Waals surface area contributed by atoms with Gasteiger partial charge in [0.15, 0.2) is 0 Å². The Morgan fingerprint density at radius 1 is 1.21 bits per heavy atom. The SMILES string of the molecule is COC(=O)c1sc(NC(=O)C=Cc2ccco2)c(C(=O)OC)c1C. The Kier molecular flexibility index (Phi) is 5.54. The van der Waals surface area contributed by atoms with Crippen molar-refractivity contribution in [2.75, 3.05) is 19.5 Å². The van der Waals surface area contributed by atoms with Gasteiger partial charge in [-0.3, -0.25) is 4.79 Å². The molecule has 0 saturated carbocycles. The predicted octanol–water partition coefficient (Wildman–Crippen LogP) is 2.87. The normalized spacial score (nSPS) is 10.6. The van der Waals surface area contributed by atoms with E-state index in [9.17, 15) is 14.4 Å². The van der Waals surface area contributed by atoms with E-state index >= 15 is 0 Å². The highest BCUT2D eigenvalue weighted by atomic mass is 32.1. The van der Waals surface area contributed by atoms with E-state index in [1.54, 1.807) is 19.1 Å². The number of methoxy groups -OCH3 is 2. The first-order valence-electron chi connectivity index (χ1n) is 6.80. The molecule has 1 amide bonds. The lowest BCUT2D eigenvalue weighted by atomic mass is 10.1. The number of carbonyl (C=O) groups is 3. The number of anilines is 1. The first-order chi connectivity index (χ1) is 11.5. The lowest BCUT2D eigenvalue weighted by Gasteiger charge is -2.03. The van der Waals surface area contributed by atoms with Gasteiger partial charge in [-0.05, 0) is 30.7 Å². The van der Waals surface area contributed by atoms with E-state index in [1.807, 2.05) is 0 Å². The first kappa shape index (κ1) is 17.5. The summed E-state index contributed by atoms with van der Waals surface area (Å²) in [4.78, 5) is 36.0. The van der Waals surface area contributed by atoms with Gasteiger partial charge in [-0.25, -0.2) is 9.59 Å². The van der Waals surface area contributed by atoms with Crippen LogP contribution in [0.4, 0.5) is 5.00 Å². The number of ether oxygens (including phenoxy) is 2. The minimum atomic E-state index is -0.649. The molecule has 0 aromatic carbocycles. The summed E-state index contributed by atoms with van der Waals surface area (Å²) in [6.07, 6.45) is 4.22. The summed E-state index contributed by atoms with van der Waals surface area (Å²) in [6, 6.07) is 3.38. The molecule has 2 rings (SSSR count). The molecule has 0 saturated heterocycles. The monoisotopic (exact) mass is 349 g/mol. The Morgan fingerprint density at radius 3 is 2.50 bits per heavy atom. The van der Waals surface area contributed by atoms with Gasteiger partial charge in [0.05, 0.1) is 26.0 Å². The van der Waals surface area contributed by atoms with E-state index in [0.29, 0.717) is 11.3 Å². The molecule has 0 spiro atoms. The zero-order valence-electron chi connectivity index (χ0n) is 13.2. The zero-order valence-corrected chi connectivity index (χ0v) is 14.1. The second-order valence-electron chi connectivity index (χ2n) is 4.58. The van der Waals surface area contributed by atoms with Crippen molar-refractivity contribution in [2.24, 2.45) is 0 Å². The number of thiophene rings is 1. The predicted molar refractivity (Wildman–Crippen MR) is 88.1 cm³/mol. The molecule has 0 atom stereocenters. The molecule has 2 heterocycles. The van der Waals surface area contributed by atoms with Crippen molar-refractivity contribution in [3.8, 4) is 0 Å². The molecule has 0 aliphatic carbocycles. The third-order valence-electron chi connectivity index (χ3n) is 3.09. The summed E-state index contributed by atoms with van der Waals surface area (Å²) in [6.45, 7) is 1.59. The van der Waals surface area contributed by atoms with Crippen LogP contribution in [-0.2, 0) is 14.3 Å². The molecule has 0 radical (unpaired) electrons. The number of furan rings is 1. The second kappa shape index (κ2) is 7.60. The van der Waals surface area contributed by atoms with E-state index in [2.05, 4.69) is 10.1 Å². The molecule has 0 fully saturated rings. The highest BCUT2D eigenvalue weighted by molar-refractivity contribution is 7.18. The third kappa shape index (κ3) is 3.72. The summed E-state index contributed by atoms with van der Waals surface area (Å²) < 4.78 is 14.5. The van der Waals surface area contributed by atoms with Crippen molar-refractivity contribution in [1.82, 2.24) is 0 Å². The van der Waals surface area contributed by atoms with E-state index in [4.69, 9.17) is 9.15 Å². The van der Waals surface area contributed by atoms with Gasteiger partial charge in [-0.2, -0.15) is 0 Å². The van der Waals surface area contributed by atoms with E-state index in [-0.39, 0.29) is 15.4 Å². The quantitative estimate of drug-likeness (QED) is 0.659. The van der Waals surface area contributed by atoms with Gasteiger partial charge in [0.1, 0.15) is 15.6 Å². The minimum Gasteiger partial charge on any atom is -0.465 e. The largest absolute Gasteiger partial charge is 0.465 e. The lowest BCUT2D eigenvalue weighted by molar-refractivity contribution is -0.111. The Labute approximate surface area is 141 Å². The van der Waals surface area contributed by atoms with Crippen LogP contribution in [0.5, 0.6) is 0 Å². The van der Waals surface area contributed by atoms with E-state index < -0.39 is 17.8 Å². The van der Waals surface area contributed by atoms with Crippen molar-refractivity contribution >= 4 is 40.3 Å². The van der Waals surface area contributed by atoms with Crippen LogP contribution in [0.1, 0.15) is 31.4 Å². The van der Waals surface area contributed by atoms with Crippen LogP contribution in [-0.4, -0.2) is 32.1 Å². The standard InChI is InChI=1S/C16H15NO6S/c1-9-12(15(19)21-2)14(24-13(9)16(20)22-3)17-11(18)7-6-10-5-4-8-23-10/h4-8H,1-3H3,(H,17,18). The lowest BCUT2D eigenvalue weighted by Crippen LogP contribution is -2.11. The summed E-state index contributed by atoms with van der Waals surface area (Å²) in [5.74, 6) is -1.20. The Hall–Kier alpha value is -2.87. The fourth-order valence-corrected chi connectivity index (χ4v) is 3.05. The molecule has 2 aromatic heterocycles. The van der Waals surface area contributed by atoms with Crippen molar-refractivity contribution in [1.29, 1.82) is 0 Å². The van der Waals surface area contributed by atoms with Crippen molar-refractivity contribution in [2.45, 2.75) is 6.92 Å². The molecule has 7 nitrogen and oxygen atoms in total. The number of rotatable bonds is 5. The number of hydrogen-bond donors (Lipinski definition) is 1. The molecule has 0 unspecified atom stereocenters. The molecule has 2 aromatic rings. The Bertz CT molecular complexity index is 788. The molecule has 24 heavy (non-hydrogen) atoms. The van der Waals surface area contributed by atoms with Crippen LogP contribution in [0.3, 0.4) is 0 Å².